The molecule has 0 aromatic heterocycles. The van der Waals surface area contributed by atoms with Crippen LogP contribution in [0.4, 0.5) is 0 Å². The molecule has 0 radical (unpaired) electrons. The SMILES string of the molecule is C[C](C)=[Zr+2].C[C](C)=[Zr+2].Cc1[cH-]c2ccccc2c1[Si](C)(C)C.Cc1[cH-]c2ccccc2c1[Si](C)(C)C.Cc1[cH-]c2ccccc2c1[Si](C)(C)C.Cc1[cH-]c2ccccc2c1[Si](C)(C)C.[Cl-].[Cl-]. The van der Waals surface area contributed by atoms with Crippen molar-refractivity contribution in [2.75, 3.05) is 0 Å². The largest absolute Gasteiger partial charge is 1.00 e. The molecule has 0 amide bonds. The summed E-state index contributed by atoms with van der Waals surface area (Å²) in [5, 5.41) is 18.1. The number of rotatable bonds is 4. The van der Waals surface area contributed by atoms with Crippen LogP contribution < -0.4 is 45.6 Å². The van der Waals surface area contributed by atoms with Crippen LogP contribution in [0.15, 0.2) is 121 Å². The van der Waals surface area contributed by atoms with Crippen LogP contribution in [0.3, 0.4) is 0 Å². The van der Waals surface area contributed by atoms with Crippen LogP contribution in [0.5, 0.6) is 0 Å². The first-order chi connectivity index (χ1) is 29.5. The maximum atomic E-state index is 2.42. The van der Waals surface area contributed by atoms with Gasteiger partial charge < -0.3 is 24.8 Å². The molecule has 0 atom stereocenters. The van der Waals surface area contributed by atoms with E-state index in [1.807, 2.05) is 0 Å². The molecule has 0 aliphatic carbocycles. The minimum absolute atomic E-state index is 0. The maximum Gasteiger partial charge on any atom is 0.0212 e. The van der Waals surface area contributed by atoms with Gasteiger partial charge in [-0.15, -0.1) is 162 Å². The summed E-state index contributed by atoms with van der Waals surface area (Å²) in [4.78, 5) is 0. The molecular weight excluding hydrogens is 1060 g/mol. The van der Waals surface area contributed by atoms with Crippen LogP contribution in [-0.2, 0) is 48.5 Å². The monoisotopic (exact) mass is 1140 g/mol. The number of hydrogen-bond donors (Lipinski definition) is 0. The van der Waals surface area contributed by atoms with Gasteiger partial charge in [-0.1, -0.05) is 131 Å². The first-order valence-electron chi connectivity index (χ1n) is 23.1. The molecule has 0 saturated heterocycles. The van der Waals surface area contributed by atoms with E-state index < -0.39 is 32.3 Å². The Labute approximate surface area is 448 Å². The van der Waals surface area contributed by atoms with Gasteiger partial charge in [-0.3, -0.25) is 0 Å². The minimum atomic E-state index is -1.19. The van der Waals surface area contributed by atoms with Crippen molar-refractivity contribution in [3.8, 4) is 0 Å². The molecule has 0 heterocycles. The van der Waals surface area contributed by atoms with E-state index in [-0.39, 0.29) is 24.8 Å². The molecule has 0 aliphatic rings. The zero-order valence-electron chi connectivity index (χ0n) is 44.3. The summed E-state index contributed by atoms with van der Waals surface area (Å²) in [5.41, 5.74) is 5.91. The second kappa shape index (κ2) is 26.5. The predicted molar refractivity (Wildman–Crippen MR) is 302 cm³/mol. The molecule has 0 saturated carbocycles. The Morgan fingerprint density at radius 3 is 0.591 bits per heavy atom. The summed E-state index contributed by atoms with van der Waals surface area (Å²) >= 11 is 3.11. The molecule has 0 N–H and O–H groups in total. The Morgan fingerprint density at radius 1 is 0.318 bits per heavy atom. The van der Waals surface area contributed by atoms with Gasteiger partial charge in [0.05, 0.1) is 0 Å². The summed E-state index contributed by atoms with van der Waals surface area (Å²) < 4.78 is 3.01. The van der Waals surface area contributed by atoms with Crippen LogP contribution in [0.1, 0.15) is 49.9 Å². The van der Waals surface area contributed by atoms with E-state index in [2.05, 4.69) is 255 Å². The number of halogens is 2. The van der Waals surface area contributed by atoms with E-state index in [9.17, 15) is 0 Å². The summed E-state index contributed by atoms with van der Waals surface area (Å²) in [6.07, 6.45) is 0. The fourth-order valence-electron chi connectivity index (χ4n) is 9.46. The van der Waals surface area contributed by atoms with E-state index >= 15 is 0 Å². The summed E-state index contributed by atoms with van der Waals surface area (Å²) in [5.74, 6) is 0. The molecule has 8 heteroatoms. The number of fused-ring (bicyclic) bond motifs is 4. The topological polar surface area (TPSA) is 0 Å². The van der Waals surface area contributed by atoms with Crippen LogP contribution in [0, 0.1) is 27.7 Å². The Morgan fingerprint density at radius 2 is 0.455 bits per heavy atom. The molecule has 66 heavy (non-hydrogen) atoms. The quantitative estimate of drug-likeness (QED) is 0.122. The second-order valence-corrected chi connectivity index (χ2v) is 47.1. The summed E-state index contributed by atoms with van der Waals surface area (Å²) in [7, 11) is -4.76. The van der Waals surface area contributed by atoms with Crippen LogP contribution >= 0.6 is 0 Å². The van der Waals surface area contributed by atoms with Gasteiger partial charge in [-0.2, -0.15) is 20.7 Å². The molecule has 0 fully saturated rings. The Hall–Kier alpha value is -1.73. The van der Waals surface area contributed by atoms with Crippen molar-refractivity contribution in [1.29, 1.82) is 0 Å². The van der Waals surface area contributed by atoms with Crippen LogP contribution in [-0.4, -0.2) is 38.7 Å². The Balaban J connectivity index is 0.000000413. The van der Waals surface area contributed by atoms with Crippen molar-refractivity contribution in [2.45, 2.75) is 134 Å². The van der Waals surface area contributed by atoms with E-state index in [4.69, 9.17) is 0 Å². The van der Waals surface area contributed by atoms with Gasteiger partial charge in [0, 0.05) is 32.3 Å². The number of hydrogen-bond acceptors (Lipinski definition) is 0. The van der Waals surface area contributed by atoms with E-state index in [0.717, 1.165) is 0 Å². The average molecular weight is 1140 g/mol. The Kier molecular flexibility index (Phi) is 25.0. The van der Waals surface area contributed by atoms with Crippen LogP contribution in [0.25, 0.3) is 43.1 Å². The Bertz CT molecular complexity index is 2400. The van der Waals surface area contributed by atoms with Crippen molar-refractivity contribution in [2.24, 2.45) is 0 Å². The summed E-state index contributed by atoms with van der Waals surface area (Å²) in [6, 6.07) is 44.2. The van der Waals surface area contributed by atoms with Gasteiger partial charge in [0.25, 0.3) is 0 Å². The van der Waals surface area contributed by atoms with Crippen molar-refractivity contribution < 1.29 is 73.3 Å². The molecule has 0 nitrogen and oxygen atoms in total. The third-order valence-corrected chi connectivity index (χ3v) is 19.6. The number of aryl methyl sites for hydroxylation is 4. The normalized spacial score (nSPS) is 11.3. The first-order valence-corrected chi connectivity index (χ1v) is 39.6. The molecular formula is C58H80Cl2Si4Zr2-2. The molecule has 0 bridgehead atoms. The van der Waals surface area contributed by atoms with E-state index in [0.29, 0.717) is 0 Å². The van der Waals surface area contributed by atoms with Gasteiger partial charge >= 0.3 is 82.6 Å². The second-order valence-electron chi connectivity index (χ2n) is 22.2. The van der Waals surface area contributed by atoms with Gasteiger partial charge in [0.1, 0.15) is 0 Å². The predicted octanol–water partition coefficient (Wildman–Crippen LogP) is 9.15. The standard InChI is InChI=1S/4C13H17Si.2C3H6.2ClH.2Zr/c4*1-10-9-11-7-5-6-8-12(11)13(10)14(2,3)4;2*1-3-2;;;;/h4*5-9H,1-4H3;2*1-2H3;2*1H;;/q4*-1;;;;;2*+2/p-2. The van der Waals surface area contributed by atoms with Gasteiger partial charge in [0.2, 0.25) is 0 Å². The van der Waals surface area contributed by atoms with Gasteiger partial charge in [0.15, 0.2) is 0 Å². The minimum Gasteiger partial charge on any atom is -1.00 e. The van der Waals surface area contributed by atoms with Crippen LogP contribution in [0.2, 0.25) is 78.6 Å². The molecule has 0 aliphatic heterocycles. The molecule has 0 unspecified atom stereocenters. The fourth-order valence-corrected chi connectivity index (χ4v) is 18.6. The zero-order chi connectivity index (χ0) is 48.5. The van der Waals surface area contributed by atoms with Crippen molar-refractivity contribution >= 4 is 103 Å². The van der Waals surface area contributed by atoms with E-state index in [1.54, 1.807) is 69.2 Å². The zero-order valence-corrected chi connectivity index (χ0v) is 54.7. The molecule has 8 rings (SSSR count). The van der Waals surface area contributed by atoms with Gasteiger partial charge in [-0.05, 0) is 0 Å². The molecule has 352 valence electrons. The molecule has 0 spiro atoms. The van der Waals surface area contributed by atoms with Crippen molar-refractivity contribution in [1.82, 2.24) is 0 Å². The molecule has 8 aromatic rings. The average Bonchev–Trinajstić information content (AvgIpc) is 3.88. The van der Waals surface area contributed by atoms with Crippen molar-refractivity contribution in [3.63, 3.8) is 0 Å². The summed E-state index contributed by atoms with van der Waals surface area (Å²) in [6.45, 7) is 46.5. The molecule has 8 aromatic carbocycles. The third kappa shape index (κ3) is 17.9. The third-order valence-electron chi connectivity index (χ3n) is 11.0. The van der Waals surface area contributed by atoms with Crippen molar-refractivity contribution in [3.05, 3.63) is 144 Å². The maximum absolute atomic E-state index is 2.42. The first kappa shape index (κ1) is 62.3. The van der Waals surface area contributed by atoms with E-state index in [1.165, 1.54) is 71.8 Å². The number of benzene rings is 4. The fraction of sp³-hybridized carbons (Fsp3) is 0.345. The van der Waals surface area contributed by atoms with Gasteiger partial charge in [-0.25, -0.2) is 0 Å². The smallest absolute Gasteiger partial charge is 0.0212 e.